The van der Waals surface area contributed by atoms with Gasteiger partial charge in [0.15, 0.2) is 11.5 Å². The van der Waals surface area contributed by atoms with Crippen molar-refractivity contribution in [3.63, 3.8) is 0 Å². The molecule has 2 heterocycles. The van der Waals surface area contributed by atoms with Crippen molar-refractivity contribution in [2.24, 2.45) is 0 Å². The predicted molar refractivity (Wildman–Crippen MR) is 79.1 cm³/mol. The lowest BCUT2D eigenvalue weighted by Crippen LogP contribution is -2.46. The highest BCUT2D eigenvalue weighted by molar-refractivity contribution is 6.01. The van der Waals surface area contributed by atoms with Crippen LogP contribution in [0.1, 0.15) is 29.9 Å². The van der Waals surface area contributed by atoms with Gasteiger partial charge in [0.05, 0.1) is 29.9 Å². The van der Waals surface area contributed by atoms with E-state index in [2.05, 4.69) is 5.16 Å². The fourth-order valence-corrected chi connectivity index (χ4v) is 3.06. The first-order chi connectivity index (χ1) is 10.9. The average molecular weight is 324 g/mol. The number of anilines is 1. The Morgan fingerprint density at radius 2 is 2.09 bits per heavy atom. The molecule has 0 aliphatic carbocycles. The van der Waals surface area contributed by atoms with Crippen molar-refractivity contribution in [3.05, 3.63) is 23.1 Å². The first-order valence-electron chi connectivity index (χ1n) is 7.27. The van der Waals surface area contributed by atoms with Crippen LogP contribution in [0.15, 0.2) is 10.6 Å². The van der Waals surface area contributed by atoms with Crippen molar-refractivity contribution in [1.82, 2.24) is 5.16 Å². The Labute approximate surface area is 131 Å². The number of aliphatic hydroxyl groups excluding tert-OH is 1. The molecule has 1 saturated heterocycles. The van der Waals surface area contributed by atoms with E-state index in [0.717, 1.165) is 0 Å². The molecule has 124 valence electrons. The monoisotopic (exact) mass is 324 g/mol. The van der Waals surface area contributed by atoms with Crippen molar-refractivity contribution in [1.29, 1.82) is 0 Å². The fourth-order valence-electron chi connectivity index (χ4n) is 3.06. The molecule has 1 aromatic heterocycles. The summed E-state index contributed by atoms with van der Waals surface area (Å²) in [6.45, 7) is 4.26. The number of nitrogens with zero attached hydrogens (tertiary/aromatic N) is 2. The van der Waals surface area contributed by atoms with Crippen LogP contribution in [0.4, 0.5) is 10.1 Å². The number of hydrogen-bond acceptors (Lipinski definition) is 6. The summed E-state index contributed by atoms with van der Waals surface area (Å²) < 4.78 is 25.4. The van der Waals surface area contributed by atoms with Gasteiger partial charge in [-0.1, -0.05) is 5.16 Å². The number of aromatic carboxylic acids is 1. The first-order valence-corrected chi connectivity index (χ1v) is 7.27. The number of benzene rings is 1. The molecule has 1 fully saturated rings. The van der Waals surface area contributed by atoms with Gasteiger partial charge in [-0.2, -0.15) is 0 Å². The Morgan fingerprint density at radius 3 is 2.65 bits per heavy atom. The minimum Gasteiger partial charge on any atom is -0.476 e. The maximum atomic E-state index is 14.9. The largest absolute Gasteiger partial charge is 0.476 e. The van der Waals surface area contributed by atoms with E-state index < -0.39 is 18.4 Å². The van der Waals surface area contributed by atoms with Crippen molar-refractivity contribution in [3.8, 4) is 0 Å². The number of aliphatic hydroxyl groups is 1. The maximum Gasteiger partial charge on any atom is 0.358 e. The van der Waals surface area contributed by atoms with E-state index in [1.165, 1.54) is 6.07 Å². The number of halogens is 1. The molecule has 0 radical (unpaired) electrons. The summed E-state index contributed by atoms with van der Waals surface area (Å²) in [5, 5.41) is 22.1. The van der Waals surface area contributed by atoms with E-state index in [1.54, 1.807) is 4.90 Å². The zero-order valence-electron chi connectivity index (χ0n) is 12.7. The molecule has 2 aromatic rings. The lowest BCUT2D eigenvalue weighted by Gasteiger charge is -2.37. The number of fused-ring (bicyclic) bond motifs is 1. The summed E-state index contributed by atoms with van der Waals surface area (Å²) in [5.41, 5.74) is -0.0950. The molecule has 7 nitrogen and oxygen atoms in total. The zero-order valence-corrected chi connectivity index (χ0v) is 12.7. The van der Waals surface area contributed by atoms with Crippen molar-refractivity contribution in [2.45, 2.75) is 32.7 Å². The number of carboxylic acids is 1. The molecule has 0 saturated carbocycles. The van der Waals surface area contributed by atoms with Crippen LogP contribution in [0.2, 0.25) is 0 Å². The summed E-state index contributed by atoms with van der Waals surface area (Å²) in [6, 6.07) is 1.42. The number of rotatable bonds is 3. The van der Waals surface area contributed by atoms with Gasteiger partial charge in [-0.15, -0.1) is 0 Å². The van der Waals surface area contributed by atoms with Gasteiger partial charge in [0, 0.05) is 18.7 Å². The van der Waals surface area contributed by atoms with Gasteiger partial charge in [-0.05, 0) is 19.9 Å². The van der Waals surface area contributed by atoms with E-state index in [1.807, 2.05) is 13.8 Å². The molecule has 1 aromatic carbocycles. The van der Waals surface area contributed by atoms with Crippen LogP contribution in [0, 0.1) is 5.82 Å². The van der Waals surface area contributed by atoms with Gasteiger partial charge in [0.25, 0.3) is 0 Å². The topological polar surface area (TPSA) is 96.0 Å². The van der Waals surface area contributed by atoms with Crippen LogP contribution < -0.4 is 4.90 Å². The summed E-state index contributed by atoms with van der Waals surface area (Å²) in [6.07, 6.45) is -0.186. The minimum absolute atomic E-state index is 0.0390. The average Bonchev–Trinajstić information content (AvgIpc) is 2.90. The molecule has 2 N–H and O–H groups in total. The molecule has 0 spiro atoms. The number of morpholine rings is 1. The fraction of sp³-hybridized carbons (Fsp3) is 0.467. The quantitative estimate of drug-likeness (QED) is 0.888. The Balaban J connectivity index is 2.16. The Morgan fingerprint density at radius 1 is 1.43 bits per heavy atom. The van der Waals surface area contributed by atoms with Crippen LogP contribution in [-0.4, -0.2) is 46.6 Å². The third-order valence-electron chi connectivity index (χ3n) is 3.87. The molecular formula is C15H17FN2O5. The number of carboxylic acid groups (broad SMARTS) is 1. The predicted octanol–water partition coefficient (Wildman–Crippen LogP) is 1.77. The van der Waals surface area contributed by atoms with Gasteiger partial charge in [0.2, 0.25) is 5.58 Å². The van der Waals surface area contributed by atoms with Crippen LogP contribution >= 0.6 is 0 Å². The van der Waals surface area contributed by atoms with Gasteiger partial charge in [0.1, 0.15) is 0 Å². The van der Waals surface area contributed by atoms with Crippen LogP contribution in [-0.2, 0) is 11.3 Å². The van der Waals surface area contributed by atoms with Gasteiger partial charge in [-0.3, -0.25) is 0 Å². The van der Waals surface area contributed by atoms with Crippen molar-refractivity contribution in [2.75, 3.05) is 18.0 Å². The van der Waals surface area contributed by atoms with E-state index in [4.69, 9.17) is 14.4 Å². The second kappa shape index (κ2) is 5.78. The van der Waals surface area contributed by atoms with Gasteiger partial charge in [-0.25, -0.2) is 9.18 Å². The third-order valence-corrected chi connectivity index (χ3v) is 3.87. The second-order valence-corrected chi connectivity index (χ2v) is 5.73. The molecule has 0 amide bonds. The normalized spacial score (nSPS) is 21.8. The highest BCUT2D eigenvalue weighted by Gasteiger charge is 2.29. The van der Waals surface area contributed by atoms with E-state index in [0.29, 0.717) is 18.7 Å². The van der Waals surface area contributed by atoms with Crippen LogP contribution in [0.5, 0.6) is 0 Å². The Kier molecular flexibility index (Phi) is 3.95. The number of carbonyl (C=O) groups is 1. The van der Waals surface area contributed by atoms with Crippen molar-refractivity contribution < 1.29 is 28.7 Å². The first kappa shape index (κ1) is 15.7. The molecule has 1 aliphatic rings. The van der Waals surface area contributed by atoms with E-state index in [9.17, 15) is 14.3 Å². The summed E-state index contributed by atoms with van der Waals surface area (Å²) >= 11 is 0. The highest BCUT2D eigenvalue weighted by Crippen LogP contribution is 2.35. The molecule has 1 aliphatic heterocycles. The third kappa shape index (κ3) is 2.64. The van der Waals surface area contributed by atoms with Crippen molar-refractivity contribution >= 4 is 22.6 Å². The number of hydrogen-bond donors (Lipinski definition) is 2. The second-order valence-electron chi connectivity index (χ2n) is 5.73. The standard InChI is InChI=1S/C15H17FN2O5/c1-7-4-18(5-8(2)22-7)13-9(6-19)3-10-12(15(20)21)17-23-14(10)11(13)16/h3,7-8,19H,4-6H2,1-2H3,(H,20,21)/t7-,8+. The molecule has 0 bridgehead atoms. The number of aromatic nitrogens is 1. The summed E-state index contributed by atoms with van der Waals surface area (Å²) in [7, 11) is 0. The van der Waals surface area contributed by atoms with Crippen LogP contribution in [0.25, 0.3) is 11.0 Å². The highest BCUT2D eigenvalue weighted by atomic mass is 19.1. The van der Waals surface area contributed by atoms with E-state index in [-0.39, 0.29) is 34.6 Å². The number of ether oxygens (including phenoxy) is 1. The summed E-state index contributed by atoms with van der Waals surface area (Å²) in [4.78, 5) is 12.9. The molecule has 3 rings (SSSR count). The zero-order chi connectivity index (χ0) is 16.7. The van der Waals surface area contributed by atoms with Gasteiger partial charge >= 0.3 is 5.97 Å². The smallest absolute Gasteiger partial charge is 0.358 e. The Bertz CT molecular complexity index is 750. The lowest BCUT2D eigenvalue weighted by molar-refractivity contribution is -0.00550. The molecular weight excluding hydrogens is 307 g/mol. The maximum absolute atomic E-state index is 14.9. The minimum atomic E-state index is -1.31. The molecule has 8 heteroatoms. The van der Waals surface area contributed by atoms with Gasteiger partial charge < -0.3 is 24.4 Å². The molecule has 2 atom stereocenters. The molecule has 23 heavy (non-hydrogen) atoms. The van der Waals surface area contributed by atoms with E-state index >= 15 is 0 Å². The molecule has 0 unspecified atom stereocenters. The Hall–Kier alpha value is -2.19. The van der Waals surface area contributed by atoms with Crippen LogP contribution in [0.3, 0.4) is 0 Å². The lowest BCUT2D eigenvalue weighted by atomic mass is 10.1. The summed E-state index contributed by atoms with van der Waals surface area (Å²) in [5.74, 6) is -2.03. The SMILES string of the molecule is C[C@@H]1CN(c2c(CO)cc3c(C(=O)O)noc3c2F)C[C@H](C)O1.